The average Bonchev–Trinajstić information content (AvgIpc) is 2.64. The third-order valence-corrected chi connectivity index (χ3v) is 5.07. The van der Waals surface area contributed by atoms with E-state index in [1.54, 1.807) is 0 Å². The lowest BCUT2D eigenvalue weighted by Crippen LogP contribution is -2.55. The van der Waals surface area contributed by atoms with Crippen molar-refractivity contribution in [3.8, 4) is 0 Å². The summed E-state index contributed by atoms with van der Waals surface area (Å²) in [6.45, 7) is 4.16. The lowest BCUT2D eigenvalue weighted by atomic mass is 9.94. The summed E-state index contributed by atoms with van der Waals surface area (Å²) in [6, 6.07) is 0.178. The lowest BCUT2D eigenvalue weighted by molar-refractivity contribution is -0.142. The number of carbonyl (C=O) groups is 2. The van der Waals surface area contributed by atoms with Gasteiger partial charge in [0.1, 0.15) is 0 Å². The van der Waals surface area contributed by atoms with Crippen LogP contribution in [0.3, 0.4) is 0 Å². The number of nitrogens with one attached hydrogen (secondary N) is 1. The molecular weight excluding hydrogens is 268 g/mol. The maximum absolute atomic E-state index is 12.6. The molecule has 21 heavy (non-hydrogen) atoms. The normalized spacial score (nSPS) is 34.1. The van der Waals surface area contributed by atoms with Crippen LogP contribution < -0.4 is 5.32 Å². The minimum absolute atomic E-state index is 0.0761. The van der Waals surface area contributed by atoms with Crippen molar-refractivity contribution >= 4 is 12.0 Å². The van der Waals surface area contributed by atoms with Gasteiger partial charge >= 0.3 is 12.0 Å². The lowest BCUT2D eigenvalue weighted by Gasteiger charge is -2.40. The fourth-order valence-corrected chi connectivity index (χ4v) is 3.83. The second-order valence-corrected chi connectivity index (χ2v) is 6.67. The number of carboxylic acid groups (broad SMARTS) is 1. The standard InChI is InChI=1S/C16H28N2O3/c1-11-7-6-8-12(2)18(11)16(21)17-14-10-5-3-4-9-13(14)15(19)20/h11-14H,3-10H2,1-2H3,(H,17,21)(H,19,20)/t11-,12+,13?,14?. The van der Waals surface area contributed by atoms with Crippen LogP contribution in [0.1, 0.15) is 65.2 Å². The number of hydrogen-bond donors (Lipinski definition) is 2. The second kappa shape index (κ2) is 7.14. The number of hydrogen-bond acceptors (Lipinski definition) is 2. The number of piperidine rings is 1. The van der Waals surface area contributed by atoms with Gasteiger partial charge in [0, 0.05) is 18.1 Å². The van der Waals surface area contributed by atoms with Crippen molar-refractivity contribution in [2.45, 2.75) is 83.3 Å². The molecule has 2 aliphatic rings. The molecular formula is C16H28N2O3. The van der Waals surface area contributed by atoms with Crippen LogP contribution in [0.4, 0.5) is 4.79 Å². The fraction of sp³-hybridized carbons (Fsp3) is 0.875. The summed E-state index contributed by atoms with van der Waals surface area (Å²) in [4.78, 5) is 25.9. The van der Waals surface area contributed by atoms with Gasteiger partial charge in [0.05, 0.1) is 5.92 Å². The molecule has 2 unspecified atom stereocenters. The molecule has 2 N–H and O–H groups in total. The predicted molar refractivity (Wildman–Crippen MR) is 81.1 cm³/mol. The molecule has 2 amide bonds. The number of carbonyl (C=O) groups excluding carboxylic acids is 1. The van der Waals surface area contributed by atoms with E-state index in [0.29, 0.717) is 6.42 Å². The first-order chi connectivity index (χ1) is 10.0. The van der Waals surface area contributed by atoms with Crippen molar-refractivity contribution in [2.75, 3.05) is 0 Å². The van der Waals surface area contributed by atoms with E-state index in [-0.39, 0.29) is 24.2 Å². The molecule has 2 fully saturated rings. The number of carboxylic acids is 1. The summed E-state index contributed by atoms with van der Waals surface area (Å²) in [6.07, 6.45) is 7.68. The van der Waals surface area contributed by atoms with E-state index in [2.05, 4.69) is 19.2 Å². The SMILES string of the molecule is C[C@@H]1CCC[C@H](C)N1C(=O)NC1CCCCCC1C(=O)O. The maximum Gasteiger partial charge on any atom is 0.318 e. The van der Waals surface area contributed by atoms with Gasteiger partial charge < -0.3 is 15.3 Å². The molecule has 4 atom stereocenters. The molecule has 5 nitrogen and oxygen atoms in total. The molecule has 0 aromatic carbocycles. The average molecular weight is 296 g/mol. The summed E-state index contributed by atoms with van der Waals surface area (Å²) >= 11 is 0. The van der Waals surface area contributed by atoms with Gasteiger partial charge in [0.15, 0.2) is 0 Å². The molecule has 2 rings (SSSR count). The van der Waals surface area contributed by atoms with Crippen molar-refractivity contribution in [3.05, 3.63) is 0 Å². The number of likely N-dealkylation sites (tertiary alicyclic amines) is 1. The van der Waals surface area contributed by atoms with Crippen LogP contribution in [0.15, 0.2) is 0 Å². The summed E-state index contributed by atoms with van der Waals surface area (Å²) in [5.74, 6) is -1.21. The minimum atomic E-state index is -0.776. The van der Waals surface area contributed by atoms with Crippen molar-refractivity contribution in [1.29, 1.82) is 0 Å². The minimum Gasteiger partial charge on any atom is -0.481 e. The van der Waals surface area contributed by atoms with E-state index in [4.69, 9.17) is 0 Å². The summed E-state index contributed by atoms with van der Waals surface area (Å²) < 4.78 is 0. The highest BCUT2D eigenvalue weighted by molar-refractivity contribution is 5.77. The smallest absolute Gasteiger partial charge is 0.318 e. The van der Waals surface area contributed by atoms with Crippen molar-refractivity contribution in [1.82, 2.24) is 10.2 Å². The number of rotatable bonds is 2. The molecule has 0 aromatic heterocycles. The van der Waals surface area contributed by atoms with Gasteiger partial charge in [-0.05, 0) is 46.0 Å². The van der Waals surface area contributed by atoms with E-state index >= 15 is 0 Å². The van der Waals surface area contributed by atoms with Crippen LogP contribution in [0.2, 0.25) is 0 Å². The zero-order valence-corrected chi connectivity index (χ0v) is 13.2. The topological polar surface area (TPSA) is 69.6 Å². The van der Waals surface area contributed by atoms with Crippen LogP contribution in [-0.4, -0.2) is 40.1 Å². The summed E-state index contributed by atoms with van der Waals surface area (Å²) in [5.41, 5.74) is 0. The van der Waals surface area contributed by atoms with Gasteiger partial charge in [-0.3, -0.25) is 4.79 Å². The molecule has 1 saturated carbocycles. The first-order valence-corrected chi connectivity index (χ1v) is 8.32. The number of aliphatic carboxylic acids is 1. The Balaban J connectivity index is 2.03. The highest BCUT2D eigenvalue weighted by Crippen LogP contribution is 2.26. The van der Waals surface area contributed by atoms with Gasteiger partial charge in [-0.2, -0.15) is 0 Å². The molecule has 0 bridgehead atoms. The van der Waals surface area contributed by atoms with E-state index < -0.39 is 11.9 Å². The van der Waals surface area contributed by atoms with Gasteiger partial charge in [-0.1, -0.05) is 19.3 Å². The molecule has 0 spiro atoms. The van der Waals surface area contributed by atoms with Gasteiger partial charge in [0.25, 0.3) is 0 Å². The Labute approximate surface area is 127 Å². The Morgan fingerprint density at radius 2 is 1.57 bits per heavy atom. The van der Waals surface area contributed by atoms with Gasteiger partial charge in [0.2, 0.25) is 0 Å². The van der Waals surface area contributed by atoms with Gasteiger partial charge in [-0.25, -0.2) is 4.79 Å². The highest BCUT2D eigenvalue weighted by Gasteiger charge is 2.34. The van der Waals surface area contributed by atoms with Crippen LogP contribution in [0.5, 0.6) is 0 Å². The molecule has 0 radical (unpaired) electrons. The number of urea groups is 1. The monoisotopic (exact) mass is 296 g/mol. The Kier molecular flexibility index (Phi) is 5.48. The molecule has 1 saturated heterocycles. The Hall–Kier alpha value is -1.26. The van der Waals surface area contributed by atoms with E-state index in [1.807, 2.05) is 4.90 Å². The summed E-state index contributed by atoms with van der Waals surface area (Å²) in [7, 11) is 0. The van der Waals surface area contributed by atoms with Crippen molar-refractivity contribution < 1.29 is 14.7 Å². The largest absolute Gasteiger partial charge is 0.481 e. The quantitative estimate of drug-likeness (QED) is 0.770. The Bertz CT molecular complexity index is 376. The Morgan fingerprint density at radius 1 is 0.952 bits per heavy atom. The van der Waals surface area contributed by atoms with Crippen LogP contribution in [0, 0.1) is 5.92 Å². The predicted octanol–water partition coefficient (Wildman–Crippen LogP) is 2.99. The van der Waals surface area contributed by atoms with Crippen LogP contribution >= 0.6 is 0 Å². The fourth-order valence-electron chi connectivity index (χ4n) is 3.83. The van der Waals surface area contributed by atoms with Crippen molar-refractivity contribution in [2.24, 2.45) is 5.92 Å². The zero-order valence-electron chi connectivity index (χ0n) is 13.2. The van der Waals surface area contributed by atoms with E-state index in [0.717, 1.165) is 44.9 Å². The molecule has 1 aliphatic heterocycles. The van der Waals surface area contributed by atoms with Crippen molar-refractivity contribution in [3.63, 3.8) is 0 Å². The third kappa shape index (κ3) is 3.89. The molecule has 0 aromatic rings. The molecule has 5 heteroatoms. The number of amides is 2. The molecule has 120 valence electrons. The molecule has 1 heterocycles. The second-order valence-electron chi connectivity index (χ2n) is 6.67. The summed E-state index contributed by atoms with van der Waals surface area (Å²) in [5, 5.41) is 12.4. The zero-order chi connectivity index (χ0) is 15.4. The van der Waals surface area contributed by atoms with Crippen LogP contribution in [-0.2, 0) is 4.79 Å². The number of nitrogens with zero attached hydrogens (tertiary/aromatic N) is 1. The molecule has 1 aliphatic carbocycles. The first kappa shape index (κ1) is 16.1. The van der Waals surface area contributed by atoms with Gasteiger partial charge in [-0.15, -0.1) is 0 Å². The highest BCUT2D eigenvalue weighted by atomic mass is 16.4. The van der Waals surface area contributed by atoms with E-state index in [9.17, 15) is 14.7 Å². The van der Waals surface area contributed by atoms with E-state index in [1.165, 1.54) is 0 Å². The Morgan fingerprint density at radius 3 is 2.19 bits per heavy atom. The maximum atomic E-state index is 12.6. The van der Waals surface area contributed by atoms with Crippen LogP contribution in [0.25, 0.3) is 0 Å². The first-order valence-electron chi connectivity index (χ1n) is 8.32. The third-order valence-electron chi connectivity index (χ3n) is 5.07.